The number of Topliss-reactive ketones (excluding diaryl/α,β-unsaturated/α-hetero) is 1. The first-order valence-corrected chi connectivity index (χ1v) is 4.60. The van der Waals surface area contributed by atoms with Crippen LogP contribution in [0.3, 0.4) is 0 Å². The molecule has 1 aromatic rings. The molecule has 3 nitrogen and oxygen atoms in total. The summed E-state index contributed by atoms with van der Waals surface area (Å²) in [7, 11) is 1.95. The van der Waals surface area contributed by atoms with Crippen LogP contribution >= 0.6 is 0 Å². The summed E-state index contributed by atoms with van der Waals surface area (Å²) < 4.78 is 3.84. The predicted molar refractivity (Wildman–Crippen MR) is 50.1 cm³/mol. The lowest BCUT2D eigenvalue weighted by Gasteiger charge is -2.00. The molecule has 1 aromatic heterocycles. The largest absolute Gasteiger partial charge is 0.295 e. The van der Waals surface area contributed by atoms with Crippen molar-refractivity contribution in [3.63, 3.8) is 0 Å². The highest BCUT2D eigenvalue weighted by molar-refractivity contribution is 5.78. The standard InChI is InChI=1S/C10H17N2O/c1-9(2)6-10(13)7-12-5-4-11(3)8-12/h4-5,8-9H,6-7H2,1-3H3/q+1. The molecule has 0 saturated heterocycles. The van der Waals surface area contributed by atoms with Crippen molar-refractivity contribution in [2.24, 2.45) is 13.0 Å². The van der Waals surface area contributed by atoms with Gasteiger partial charge in [0.15, 0.2) is 5.78 Å². The Labute approximate surface area is 79.0 Å². The van der Waals surface area contributed by atoms with Crippen LogP contribution in [0.1, 0.15) is 20.3 Å². The molecule has 3 heteroatoms. The Morgan fingerprint density at radius 1 is 1.54 bits per heavy atom. The zero-order valence-electron chi connectivity index (χ0n) is 8.53. The molecule has 1 heterocycles. The van der Waals surface area contributed by atoms with E-state index >= 15 is 0 Å². The lowest BCUT2D eigenvalue weighted by molar-refractivity contribution is -0.671. The zero-order chi connectivity index (χ0) is 9.84. The van der Waals surface area contributed by atoms with Gasteiger partial charge in [-0.3, -0.25) is 4.79 Å². The smallest absolute Gasteiger partial charge is 0.243 e. The van der Waals surface area contributed by atoms with Gasteiger partial charge in [-0.25, -0.2) is 9.13 Å². The molecule has 0 radical (unpaired) electrons. The number of rotatable bonds is 4. The molecule has 0 atom stereocenters. The molecule has 72 valence electrons. The summed E-state index contributed by atoms with van der Waals surface area (Å²) in [5.41, 5.74) is 0. The Hall–Kier alpha value is -1.12. The summed E-state index contributed by atoms with van der Waals surface area (Å²) in [4.78, 5) is 11.4. The minimum absolute atomic E-state index is 0.297. The van der Waals surface area contributed by atoms with Crippen LogP contribution in [0.5, 0.6) is 0 Å². The van der Waals surface area contributed by atoms with Gasteiger partial charge in [0.2, 0.25) is 6.33 Å². The Bertz CT molecular complexity index is 289. The third-order valence-electron chi connectivity index (χ3n) is 1.82. The fourth-order valence-corrected chi connectivity index (χ4v) is 1.32. The topological polar surface area (TPSA) is 25.9 Å². The van der Waals surface area contributed by atoms with Crippen molar-refractivity contribution < 1.29 is 9.36 Å². The lowest BCUT2D eigenvalue weighted by Crippen LogP contribution is -2.24. The lowest BCUT2D eigenvalue weighted by atomic mass is 10.1. The number of hydrogen-bond donors (Lipinski definition) is 0. The number of aryl methyl sites for hydroxylation is 1. The number of aromatic nitrogens is 2. The minimum atomic E-state index is 0.297. The van der Waals surface area contributed by atoms with E-state index in [9.17, 15) is 4.79 Å². The molecule has 0 bridgehead atoms. The number of imidazole rings is 1. The van der Waals surface area contributed by atoms with E-state index in [1.165, 1.54) is 0 Å². The monoisotopic (exact) mass is 181 g/mol. The van der Waals surface area contributed by atoms with Gasteiger partial charge >= 0.3 is 0 Å². The highest BCUT2D eigenvalue weighted by Gasteiger charge is 2.09. The molecular weight excluding hydrogens is 164 g/mol. The average Bonchev–Trinajstić information content (AvgIpc) is 2.33. The van der Waals surface area contributed by atoms with E-state index in [4.69, 9.17) is 0 Å². The van der Waals surface area contributed by atoms with Crippen LogP contribution in [0.25, 0.3) is 0 Å². The number of hydrogen-bond acceptors (Lipinski definition) is 1. The number of ketones is 1. The molecule has 0 saturated carbocycles. The van der Waals surface area contributed by atoms with Crippen molar-refractivity contribution in [2.75, 3.05) is 0 Å². The molecule has 13 heavy (non-hydrogen) atoms. The van der Waals surface area contributed by atoms with E-state index < -0.39 is 0 Å². The molecule has 0 fully saturated rings. The molecule has 1 rings (SSSR count). The Balaban J connectivity index is 2.45. The maximum Gasteiger partial charge on any atom is 0.243 e. The highest BCUT2D eigenvalue weighted by Crippen LogP contribution is 2.01. The number of carbonyl (C=O) groups is 1. The molecular formula is C10H17N2O+. The molecule has 0 unspecified atom stereocenters. The molecule has 0 amide bonds. The summed E-state index contributed by atoms with van der Waals surface area (Å²) in [6.07, 6.45) is 6.43. The normalized spacial score (nSPS) is 10.8. The fourth-order valence-electron chi connectivity index (χ4n) is 1.32. The first kappa shape index (κ1) is 9.96. The maximum absolute atomic E-state index is 11.4. The van der Waals surface area contributed by atoms with Crippen molar-refractivity contribution in [3.8, 4) is 0 Å². The Morgan fingerprint density at radius 3 is 2.69 bits per heavy atom. The quantitative estimate of drug-likeness (QED) is 0.634. The molecule has 0 aliphatic rings. The second-order valence-corrected chi connectivity index (χ2v) is 3.89. The van der Waals surface area contributed by atoms with Crippen molar-refractivity contribution in [1.82, 2.24) is 4.57 Å². The van der Waals surface area contributed by atoms with E-state index in [-0.39, 0.29) is 0 Å². The van der Waals surface area contributed by atoms with Gasteiger partial charge in [0.05, 0.1) is 7.05 Å². The minimum Gasteiger partial charge on any atom is -0.295 e. The number of carbonyl (C=O) groups excluding carboxylic acids is 1. The molecule has 0 aromatic carbocycles. The van der Waals surface area contributed by atoms with Gasteiger partial charge in [-0.1, -0.05) is 13.8 Å². The van der Waals surface area contributed by atoms with Crippen molar-refractivity contribution in [2.45, 2.75) is 26.8 Å². The summed E-state index contributed by atoms with van der Waals surface area (Å²) in [6.45, 7) is 4.63. The Kier molecular flexibility index (Phi) is 3.23. The van der Waals surface area contributed by atoms with Crippen LogP contribution in [-0.2, 0) is 18.4 Å². The van der Waals surface area contributed by atoms with Gasteiger partial charge in [-0.15, -0.1) is 0 Å². The van der Waals surface area contributed by atoms with Gasteiger partial charge in [0, 0.05) is 6.42 Å². The van der Waals surface area contributed by atoms with E-state index in [0.29, 0.717) is 24.7 Å². The SMILES string of the molecule is CC(C)CC(=O)Cn1cc[n+](C)c1. The van der Waals surface area contributed by atoms with Crippen molar-refractivity contribution >= 4 is 5.78 Å². The van der Waals surface area contributed by atoms with Crippen molar-refractivity contribution in [3.05, 3.63) is 18.7 Å². The maximum atomic E-state index is 11.4. The summed E-state index contributed by atoms with van der Waals surface area (Å²) in [6, 6.07) is 0. The fraction of sp³-hybridized carbons (Fsp3) is 0.600. The van der Waals surface area contributed by atoms with Crippen LogP contribution in [0.2, 0.25) is 0 Å². The third-order valence-corrected chi connectivity index (χ3v) is 1.82. The Morgan fingerprint density at radius 2 is 2.23 bits per heavy atom. The molecule has 0 aliphatic carbocycles. The van der Waals surface area contributed by atoms with Crippen LogP contribution in [-0.4, -0.2) is 10.4 Å². The van der Waals surface area contributed by atoms with E-state index in [1.807, 2.05) is 34.9 Å². The van der Waals surface area contributed by atoms with Gasteiger partial charge in [0.25, 0.3) is 0 Å². The van der Waals surface area contributed by atoms with Crippen LogP contribution in [0.15, 0.2) is 18.7 Å². The van der Waals surface area contributed by atoms with Gasteiger partial charge < -0.3 is 0 Å². The second kappa shape index (κ2) is 4.21. The number of nitrogens with zero attached hydrogens (tertiary/aromatic N) is 2. The van der Waals surface area contributed by atoms with Crippen LogP contribution in [0.4, 0.5) is 0 Å². The van der Waals surface area contributed by atoms with Crippen molar-refractivity contribution in [1.29, 1.82) is 0 Å². The summed E-state index contributed by atoms with van der Waals surface area (Å²) in [5.74, 6) is 0.753. The third kappa shape index (κ3) is 3.40. The predicted octanol–water partition coefficient (Wildman–Crippen LogP) is 0.928. The highest BCUT2D eigenvalue weighted by atomic mass is 16.1. The van der Waals surface area contributed by atoms with E-state index in [0.717, 1.165) is 0 Å². The first-order valence-electron chi connectivity index (χ1n) is 4.60. The molecule has 0 N–H and O–H groups in total. The molecule has 0 spiro atoms. The van der Waals surface area contributed by atoms with Gasteiger partial charge in [0.1, 0.15) is 18.9 Å². The van der Waals surface area contributed by atoms with E-state index in [1.54, 1.807) is 0 Å². The van der Waals surface area contributed by atoms with Gasteiger partial charge in [-0.05, 0) is 5.92 Å². The summed E-state index contributed by atoms with van der Waals surface area (Å²) in [5, 5.41) is 0. The summed E-state index contributed by atoms with van der Waals surface area (Å²) >= 11 is 0. The van der Waals surface area contributed by atoms with Crippen LogP contribution in [0, 0.1) is 5.92 Å². The average molecular weight is 181 g/mol. The van der Waals surface area contributed by atoms with E-state index in [2.05, 4.69) is 13.8 Å². The second-order valence-electron chi connectivity index (χ2n) is 3.89. The first-order chi connectivity index (χ1) is 6.08. The zero-order valence-corrected chi connectivity index (χ0v) is 8.53. The molecule has 0 aliphatic heterocycles. The van der Waals surface area contributed by atoms with Crippen LogP contribution < -0.4 is 4.57 Å². The van der Waals surface area contributed by atoms with Gasteiger partial charge in [-0.2, -0.15) is 0 Å².